The molecule has 0 saturated heterocycles. The smallest absolute Gasteiger partial charge is 0.168 e. The van der Waals surface area contributed by atoms with Crippen LogP contribution in [0.5, 0.6) is 5.75 Å². The van der Waals surface area contributed by atoms with Crippen molar-refractivity contribution in [3.05, 3.63) is 29.6 Å². The van der Waals surface area contributed by atoms with E-state index in [0.29, 0.717) is 11.8 Å². The fourth-order valence-electron chi connectivity index (χ4n) is 2.04. The van der Waals surface area contributed by atoms with Crippen LogP contribution in [0.2, 0.25) is 0 Å². The number of hydrogen-bond acceptors (Lipinski definition) is 2. The minimum absolute atomic E-state index is 0.217. The van der Waals surface area contributed by atoms with Gasteiger partial charge in [0.15, 0.2) is 11.6 Å². The van der Waals surface area contributed by atoms with Gasteiger partial charge in [-0.3, -0.25) is 0 Å². The van der Waals surface area contributed by atoms with Gasteiger partial charge in [0, 0.05) is 6.04 Å². The second kappa shape index (κ2) is 8.09. The maximum atomic E-state index is 13.9. The molecular formula is C15H24FNO. The van der Waals surface area contributed by atoms with Crippen LogP contribution in [0.15, 0.2) is 18.2 Å². The normalized spacial score (nSPS) is 12.4. The maximum absolute atomic E-state index is 13.9. The highest BCUT2D eigenvalue weighted by molar-refractivity contribution is 5.31. The second-order valence-corrected chi connectivity index (χ2v) is 4.53. The first kappa shape index (κ1) is 15.0. The number of benzene rings is 1. The molecule has 0 aliphatic rings. The molecule has 0 saturated carbocycles. The summed E-state index contributed by atoms with van der Waals surface area (Å²) < 4.78 is 18.9. The van der Waals surface area contributed by atoms with Gasteiger partial charge in [-0.25, -0.2) is 4.39 Å². The summed E-state index contributed by atoms with van der Waals surface area (Å²) in [7, 11) is 1.50. The minimum atomic E-state index is -0.217. The van der Waals surface area contributed by atoms with Crippen LogP contribution >= 0.6 is 0 Å². The van der Waals surface area contributed by atoms with Crippen molar-refractivity contribution in [2.24, 2.45) is 0 Å². The van der Waals surface area contributed by atoms with Crippen molar-refractivity contribution < 1.29 is 9.13 Å². The lowest BCUT2D eigenvalue weighted by Crippen LogP contribution is -2.29. The highest BCUT2D eigenvalue weighted by atomic mass is 19.1. The van der Waals surface area contributed by atoms with Crippen molar-refractivity contribution in [2.45, 2.75) is 45.6 Å². The lowest BCUT2D eigenvalue weighted by atomic mass is 10.0. The summed E-state index contributed by atoms with van der Waals surface area (Å²) in [4.78, 5) is 0. The van der Waals surface area contributed by atoms with Crippen LogP contribution < -0.4 is 10.1 Å². The third-order valence-corrected chi connectivity index (χ3v) is 3.20. The predicted octanol–water partition coefficient (Wildman–Crippen LogP) is 3.55. The standard InChI is InChI=1S/C15H24FNO/c1-4-11-17-13(5-2)10-9-12-7-6-8-14(18-3)15(12)16/h6-8,13,17H,4-5,9-11H2,1-3H3. The molecular weight excluding hydrogens is 229 g/mol. The van der Waals surface area contributed by atoms with E-state index in [1.807, 2.05) is 12.1 Å². The van der Waals surface area contributed by atoms with E-state index in [-0.39, 0.29) is 5.82 Å². The van der Waals surface area contributed by atoms with Crippen LogP contribution in [0, 0.1) is 5.82 Å². The number of nitrogens with one attached hydrogen (secondary N) is 1. The van der Waals surface area contributed by atoms with Crippen LogP contribution in [0.4, 0.5) is 4.39 Å². The van der Waals surface area contributed by atoms with Crippen LogP contribution in [0.25, 0.3) is 0 Å². The molecule has 0 heterocycles. The zero-order chi connectivity index (χ0) is 13.4. The summed E-state index contributed by atoms with van der Waals surface area (Å²) in [6.45, 7) is 5.34. The molecule has 0 radical (unpaired) electrons. The molecule has 2 nitrogen and oxygen atoms in total. The van der Waals surface area contributed by atoms with Gasteiger partial charge in [-0.15, -0.1) is 0 Å². The van der Waals surface area contributed by atoms with Crippen molar-refractivity contribution in [3.63, 3.8) is 0 Å². The van der Waals surface area contributed by atoms with E-state index in [0.717, 1.165) is 37.8 Å². The van der Waals surface area contributed by atoms with Gasteiger partial charge in [0.1, 0.15) is 0 Å². The number of hydrogen-bond donors (Lipinski definition) is 1. The molecule has 0 fully saturated rings. The highest BCUT2D eigenvalue weighted by Gasteiger charge is 2.10. The molecule has 1 aromatic rings. The molecule has 0 aliphatic carbocycles. The Labute approximate surface area is 110 Å². The molecule has 102 valence electrons. The van der Waals surface area contributed by atoms with Gasteiger partial charge in [-0.1, -0.05) is 26.0 Å². The van der Waals surface area contributed by atoms with Crippen molar-refractivity contribution in [1.29, 1.82) is 0 Å². The average molecular weight is 253 g/mol. The van der Waals surface area contributed by atoms with Gasteiger partial charge < -0.3 is 10.1 Å². The van der Waals surface area contributed by atoms with E-state index in [1.165, 1.54) is 7.11 Å². The zero-order valence-electron chi connectivity index (χ0n) is 11.6. The first-order valence-corrected chi connectivity index (χ1v) is 6.77. The van der Waals surface area contributed by atoms with E-state index in [2.05, 4.69) is 19.2 Å². The topological polar surface area (TPSA) is 21.3 Å². The lowest BCUT2D eigenvalue weighted by molar-refractivity contribution is 0.382. The fourth-order valence-corrected chi connectivity index (χ4v) is 2.04. The van der Waals surface area contributed by atoms with E-state index in [1.54, 1.807) is 6.07 Å². The highest BCUT2D eigenvalue weighted by Crippen LogP contribution is 2.21. The monoisotopic (exact) mass is 253 g/mol. The zero-order valence-corrected chi connectivity index (χ0v) is 11.6. The van der Waals surface area contributed by atoms with E-state index in [4.69, 9.17) is 4.74 Å². The molecule has 0 bridgehead atoms. The Bertz CT molecular complexity index is 354. The molecule has 1 N–H and O–H groups in total. The summed E-state index contributed by atoms with van der Waals surface area (Å²) in [5, 5.41) is 3.48. The van der Waals surface area contributed by atoms with Crippen LogP contribution in [0.3, 0.4) is 0 Å². The maximum Gasteiger partial charge on any atom is 0.168 e. The summed E-state index contributed by atoms with van der Waals surface area (Å²) in [6, 6.07) is 5.81. The van der Waals surface area contributed by atoms with Gasteiger partial charge >= 0.3 is 0 Å². The molecule has 0 aliphatic heterocycles. The van der Waals surface area contributed by atoms with Gasteiger partial charge in [0.05, 0.1) is 7.11 Å². The third-order valence-electron chi connectivity index (χ3n) is 3.20. The summed E-state index contributed by atoms with van der Waals surface area (Å²) in [6.07, 6.45) is 3.91. The summed E-state index contributed by atoms with van der Waals surface area (Å²) in [5.74, 6) is 0.118. The Kier molecular flexibility index (Phi) is 6.73. The minimum Gasteiger partial charge on any atom is -0.494 e. The summed E-state index contributed by atoms with van der Waals surface area (Å²) >= 11 is 0. The van der Waals surface area contributed by atoms with Crippen molar-refractivity contribution >= 4 is 0 Å². The van der Waals surface area contributed by atoms with Gasteiger partial charge in [-0.2, -0.15) is 0 Å². The molecule has 1 aromatic carbocycles. The Balaban J connectivity index is 2.56. The third kappa shape index (κ3) is 4.30. The Morgan fingerprint density at radius 3 is 2.72 bits per heavy atom. The van der Waals surface area contributed by atoms with Gasteiger partial charge in [0.25, 0.3) is 0 Å². The quantitative estimate of drug-likeness (QED) is 0.765. The number of halogens is 1. The molecule has 0 aromatic heterocycles. The molecule has 0 spiro atoms. The second-order valence-electron chi connectivity index (χ2n) is 4.53. The van der Waals surface area contributed by atoms with Gasteiger partial charge in [-0.05, 0) is 43.9 Å². The molecule has 1 rings (SSSR count). The number of aryl methyl sites for hydroxylation is 1. The van der Waals surface area contributed by atoms with Crippen LogP contribution in [0.1, 0.15) is 38.7 Å². The van der Waals surface area contributed by atoms with Crippen molar-refractivity contribution in [3.8, 4) is 5.75 Å². The largest absolute Gasteiger partial charge is 0.494 e. The first-order valence-electron chi connectivity index (χ1n) is 6.77. The molecule has 18 heavy (non-hydrogen) atoms. The lowest BCUT2D eigenvalue weighted by Gasteiger charge is -2.16. The van der Waals surface area contributed by atoms with E-state index in [9.17, 15) is 4.39 Å². The number of rotatable bonds is 8. The van der Waals surface area contributed by atoms with E-state index < -0.39 is 0 Å². The Hall–Kier alpha value is -1.09. The van der Waals surface area contributed by atoms with Crippen LogP contribution in [-0.2, 0) is 6.42 Å². The first-order chi connectivity index (χ1) is 8.72. The fraction of sp³-hybridized carbons (Fsp3) is 0.600. The van der Waals surface area contributed by atoms with Crippen molar-refractivity contribution in [2.75, 3.05) is 13.7 Å². The van der Waals surface area contributed by atoms with E-state index >= 15 is 0 Å². The van der Waals surface area contributed by atoms with Crippen LogP contribution in [-0.4, -0.2) is 19.7 Å². The number of ether oxygens (including phenoxy) is 1. The SMILES string of the molecule is CCCNC(CC)CCc1cccc(OC)c1F. The average Bonchev–Trinajstić information content (AvgIpc) is 2.40. The molecule has 1 atom stereocenters. The molecule has 3 heteroatoms. The predicted molar refractivity (Wildman–Crippen MR) is 73.6 cm³/mol. The van der Waals surface area contributed by atoms with Gasteiger partial charge in [0.2, 0.25) is 0 Å². The molecule has 1 unspecified atom stereocenters. The Morgan fingerprint density at radius 1 is 1.33 bits per heavy atom. The summed E-state index contributed by atoms with van der Waals surface area (Å²) in [5.41, 5.74) is 0.742. The molecule has 0 amide bonds. The van der Waals surface area contributed by atoms with Crippen molar-refractivity contribution in [1.82, 2.24) is 5.32 Å². The Morgan fingerprint density at radius 2 is 2.11 bits per heavy atom. The number of methoxy groups -OCH3 is 1.